The van der Waals surface area contributed by atoms with E-state index in [-0.39, 0.29) is 17.6 Å². The number of thiophene rings is 1. The van der Waals surface area contributed by atoms with Crippen LogP contribution in [0.25, 0.3) is 10.2 Å². The summed E-state index contributed by atoms with van der Waals surface area (Å²) in [4.78, 5) is 35.6. The quantitative estimate of drug-likeness (QED) is 0.431. The summed E-state index contributed by atoms with van der Waals surface area (Å²) in [5.74, 6) is -0.103. The molecule has 1 aliphatic carbocycles. The molecule has 0 aliphatic heterocycles. The Morgan fingerprint density at radius 3 is 2.81 bits per heavy atom. The van der Waals surface area contributed by atoms with E-state index in [2.05, 4.69) is 15.3 Å². The van der Waals surface area contributed by atoms with E-state index < -0.39 is 12.0 Å². The van der Waals surface area contributed by atoms with Crippen molar-refractivity contribution in [3.05, 3.63) is 16.8 Å². The van der Waals surface area contributed by atoms with Crippen LogP contribution in [-0.2, 0) is 27.2 Å². The Balaban J connectivity index is 1.70. The maximum Gasteiger partial charge on any atom is 0.328 e. The van der Waals surface area contributed by atoms with Gasteiger partial charge in [-0.15, -0.1) is 11.3 Å². The average molecular weight is 408 g/mol. The first-order valence-electron chi connectivity index (χ1n) is 9.24. The van der Waals surface area contributed by atoms with Crippen molar-refractivity contribution in [3.63, 3.8) is 0 Å². The summed E-state index contributed by atoms with van der Waals surface area (Å²) >= 11 is 3.15. The molecule has 0 fully saturated rings. The zero-order chi connectivity index (χ0) is 19.4. The van der Waals surface area contributed by atoms with Gasteiger partial charge in [0, 0.05) is 10.3 Å². The number of rotatable bonds is 7. The molecule has 1 amide bonds. The second-order valence-electron chi connectivity index (χ2n) is 7.13. The Kier molecular flexibility index (Phi) is 6.70. The molecule has 1 atom stereocenters. The number of thioether (sulfide) groups is 1. The predicted octanol–water partition coefficient (Wildman–Crippen LogP) is 3.37. The van der Waals surface area contributed by atoms with Gasteiger partial charge in [0.1, 0.15) is 22.2 Å². The van der Waals surface area contributed by atoms with Gasteiger partial charge in [0.2, 0.25) is 5.91 Å². The molecule has 0 bridgehead atoms. The Labute approximate surface area is 167 Å². The Morgan fingerprint density at radius 1 is 1.30 bits per heavy atom. The third kappa shape index (κ3) is 4.79. The fraction of sp³-hybridized carbons (Fsp3) is 0.579. The minimum atomic E-state index is -0.609. The maximum absolute atomic E-state index is 12.4. The number of nitrogens with one attached hydrogen (secondary N) is 1. The lowest BCUT2D eigenvalue weighted by molar-refractivity contribution is -0.145. The fourth-order valence-electron chi connectivity index (χ4n) is 3.37. The lowest BCUT2D eigenvalue weighted by atomic mass is 9.97. The van der Waals surface area contributed by atoms with Crippen LogP contribution in [0.3, 0.4) is 0 Å². The molecule has 2 aromatic heterocycles. The first-order chi connectivity index (χ1) is 13.0. The molecule has 6 nitrogen and oxygen atoms in total. The molecule has 0 aromatic carbocycles. The van der Waals surface area contributed by atoms with E-state index in [0.717, 1.165) is 28.1 Å². The summed E-state index contributed by atoms with van der Waals surface area (Å²) in [6.45, 7) is 4.02. The van der Waals surface area contributed by atoms with Crippen LogP contribution >= 0.6 is 23.1 Å². The van der Waals surface area contributed by atoms with Crippen LogP contribution in [0.15, 0.2) is 11.4 Å². The topological polar surface area (TPSA) is 81.2 Å². The molecule has 1 aliphatic rings. The van der Waals surface area contributed by atoms with E-state index in [1.807, 2.05) is 13.8 Å². The molecule has 2 aromatic rings. The third-order valence-electron chi connectivity index (χ3n) is 4.58. The van der Waals surface area contributed by atoms with Gasteiger partial charge in [-0.3, -0.25) is 4.79 Å². The number of carbonyl (C=O) groups is 2. The molecule has 0 spiro atoms. The van der Waals surface area contributed by atoms with E-state index in [0.29, 0.717) is 6.42 Å². The third-order valence-corrected chi connectivity index (χ3v) is 6.77. The monoisotopic (exact) mass is 407 g/mol. The van der Waals surface area contributed by atoms with Crippen molar-refractivity contribution < 1.29 is 14.3 Å². The molecule has 0 unspecified atom stereocenters. The standard InChI is InChI=1S/C19H25N3O3S2/c1-11(2)8-13(19(24)25-3)22-15(23)9-26-17-16-12-6-4-5-7-14(12)27-18(16)21-10-20-17/h10-11,13H,4-9H2,1-3H3,(H,22,23)/t13-/m1/s1. The summed E-state index contributed by atoms with van der Waals surface area (Å²) in [5, 5.41) is 4.77. The first-order valence-corrected chi connectivity index (χ1v) is 11.0. The van der Waals surface area contributed by atoms with Gasteiger partial charge >= 0.3 is 5.97 Å². The van der Waals surface area contributed by atoms with Gasteiger partial charge in [0.25, 0.3) is 0 Å². The molecule has 1 N–H and O–H groups in total. The highest BCUT2D eigenvalue weighted by atomic mass is 32.2. The number of hydrogen-bond donors (Lipinski definition) is 1. The number of methoxy groups -OCH3 is 1. The van der Waals surface area contributed by atoms with E-state index in [1.165, 1.54) is 42.2 Å². The van der Waals surface area contributed by atoms with Crippen molar-refractivity contribution in [1.29, 1.82) is 0 Å². The largest absolute Gasteiger partial charge is 0.467 e. The number of ether oxygens (including phenoxy) is 1. The van der Waals surface area contributed by atoms with E-state index >= 15 is 0 Å². The second kappa shape index (κ2) is 9.01. The van der Waals surface area contributed by atoms with Gasteiger partial charge < -0.3 is 10.1 Å². The number of carbonyl (C=O) groups excluding carboxylic acids is 2. The fourth-order valence-corrected chi connectivity index (χ4v) is 5.50. The summed E-state index contributed by atoms with van der Waals surface area (Å²) in [6.07, 6.45) is 6.70. The van der Waals surface area contributed by atoms with Crippen molar-refractivity contribution in [2.45, 2.75) is 57.0 Å². The van der Waals surface area contributed by atoms with Gasteiger partial charge in [-0.25, -0.2) is 14.8 Å². The van der Waals surface area contributed by atoms with Crippen LogP contribution in [0, 0.1) is 5.92 Å². The zero-order valence-corrected chi connectivity index (χ0v) is 17.5. The first kappa shape index (κ1) is 20.1. The smallest absolute Gasteiger partial charge is 0.328 e. The predicted molar refractivity (Wildman–Crippen MR) is 108 cm³/mol. The van der Waals surface area contributed by atoms with Crippen LogP contribution in [-0.4, -0.2) is 40.7 Å². The highest BCUT2D eigenvalue weighted by Crippen LogP contribution is 2.39. The Bertz CT molecular complexity index is 835. The van der Waals surface area contributed by atoms with Crippen molar-refractivity contribution in [1.82, 2.24) is 15.3 Å². The molecule has 2 heterocycles. The van der Waals surface area contributed by atoms with Crippen LogP contribution in [0.5, 0.6) is 0 Å². The van der Waals surface area contributed by atoms with Gasteiger partial charge in [0.05, 0.1) is 12.9 Å². The molecule has 0 saturated heterocycles. The van der Waals surface area contributed by atoms with Crippen molar-refractivity contribution in [2.24, 2.45) is 5.92 Å². The number of fused-ring (bicyclic) bond motifs is 3. The second-order valence-corrected chi connectivity index (χ2v) is 9.18. The SMILES string of the molecule is COC(=O)[C@@H](CC(C)C)NC(=O)CSc1ncnc2sc3c(c12)CCCC3. The highest BCUT2D eigenvalue weighted by molar-refractivity contribution is 8.00. The number of hydrogen-bond acceptors (Lipinski definition) is 7. The number of aryl methyl sites for hydroxylation is 2. The van der Waals surface area contributed by atoms with E-state index in [9.17, 15) is 9.59 Å². The summed E-state index contributed by atoms with van der Waals surface area (Å²) in [7, 11) is 1.34. The maximum atomic E-state index is 12.4. The van der Waals surface area contributed by atoms with Gasteiger partial charge in [-0.05, 0) is 43.6 Å². The molecule has 27 heavy (non-hydrogen) atoms. The normalized spacial score (nSPS) is 14.8. The van der Waals surface area contributed by atoms with Gasteiger partial charge in [-0.2, -0.15) is 0 Å². The number of aromatic nitrogens is 2. The average Bonchev–Trinajstić information content (AvgIpc) is 3.04. The van der Waals surface area contributed by atoms with Gasteiger partial charge in [0.15, 0.2) is 0 Å². The lowest BCUT2D eigenvalue weighted by Gasteiger charge is -2.18. The molecule has 3 rings (SSSR count). The summed E-state index contributed by atoms with van der Waals surface area (Å²) < 4.78 is 4.81. The number of nitrogens with zero attached hydrogens (tertiary/aromatic N) is 2. The van der Waals surface area contributed by atoms with Crippen LogP contribution in [0.2, 0.25) is 0 Å². The van der Waals surface area contributed by atoms with Gasteiger partial charge in [-0.1, -0.05) is 25.6 Å². The Hall–Kier alpha value is -1.67. The van der Waals surface area contributed by atoms with Crippen molar-refractivity contribution in [2.75, 3.05) is 12.9 Å². The molecule has 0 saturated carbocycles. The zero-order valence-electron chi connectivity index (χ0n) is 15.9. The minimum Gasteiger partial charge on any atom is -0.467 e. The van der Waals surface area contributed by atoms with Crippen molar-refractivity contribution in [3.8, 4) is 0 Å². The van der Waals surface area contributed by atoms with E-state index in [4.69, 9.17) is 4.74 Å². The molecule has 0 radical (unpaired) electrons. The minimum absolute atomic E-state index is 0.188. The molecular weight excluding hydrogens is 382 g/mol. The molecular formula is C19H25N3O3S2. The molecule has 146 valence electrons. The summed E-state index contributed by atoms with van der Waals surface area (Å²) in [6, 6.07) is -0.609. The van der Waals surface area contributed by atoms with Crippen molar-refractivity contribution >= 4 is 45.2 Å². The van der Waals surface area contributed by atoms with Crippen LogP contribution in [0.1, 0.15) is 43.6 Å². The van der Waals surface area contributed by atoms with Crippen LogP contribution < -0.4 is 5.32 Å². The van der Waals surface area contributed by atoms with E-state index in [1.54, 1.807) is 17.7 Å². The number of amides is 1. The summed E-state index contributed by atoms with van der Waals surface area (Å²) in [5.41, 5.74) is 1.36. The lowest BCUT2D eigenvalue weighted by Crippen LogP contribution is -2.43. The highest BCUT2D eigenvalue weighted by Gasteiger charge is 2.24. The molecule has 8 heteroatoms. The Morgan fingerprint density at radius 2 is 2.07 bits per heavy atom. The van der Waals surface area contributed by atoms with Crippen LogP contribution in [0.4, 0.5) is 0 Å². The number of esters is 1.